The molecule has 1 fully saturated rings. The molecule has 16 heavy (non-hydrogen) atoms. The number of aliphatic hydroxyl groups excluding tert-OH is 1. The Balaban J connectivity index is 2.27. The Hall–Kier alpha value is 0.0600. The number of halogens is 3. The lowest BCUT2D eigenvalue weighted by Crippen LogP contribution is -2.44. The van der Waals surface area contributed by atoms with Gasteiger partial charge in [-0.2, -0.15) is 24.9 Å². The topological polar surface area (TPSA) is 32.3 Å². The summed E-state index contributed by atoms with van der Waals surface area (Å²) in [5.74, 6) is 0. The van der Waals surface area contributed by atoms with Gasteiger partial charge in [-0.05, 0) is 25.5 Å². The van der Waals surface area contributed by atoms with Gasteiger partial charge in [0.15, 0.2) is 6.10 Å². The van der Waals surface area contributed by atoms with Crippen LogP contribution in [0.4, 0.5) is 13.2 Å². The van der Waals surface area contributed by atoms with Gasteiger partial charge < -0.3 is 10.4 Å². The zero-order valence-corrected chi connectivity index (χ0v) is 10.1. The summed E-state index contributed by atoms with van der Waals surface area (Å²) in [6.07, 6.45) is -0.750. The summed E-state index contributed by atoms with van der Waals surface area (Å²) in [5.41, 5.74) is 0. The Bertz CT molecular complexity index is 213. The fraction of sp³-hybridized carbons (Fsp3) is 1.00. The molecule has 0 radical (unpaired) electrons. The van der Waals surface area contributed by atoms with Gasteiger partial charge in [-0.15, -0.1) is 0 Å². The minimum atomic E-state index is -4.51. The van der Waals surface area contributed by atoms with Gasteiger partial charge in [0, 0.05) is 17.8 Å². The third-order valence-corrected chi connectivity index (χ3v) is 4.03. The first-order chi connectivity index (χ1) is 7.43. The lowest BCUT2D eigenvalue weighted by molar-refractivity contribution is -0.202. The molecule has 0 heterocycles. The van der Waals surface area contributed by atoms with E-state index in [1.54, 1.807) is 11.8 Å². The lowest BCUT2D eigenvalue weighted by Gasteiger charge is -2.29. The molecule has 0 aromatic heterocycles. The summed E-state index contributed by atoms with van der Waals surface area (Å²) in [6, 6.07) is 0.114. The normalized spacial score (nSPS) is 29.1. The predicted molar refractivity (Wildman–Crippen MR) is 59.6 cm³/mol. The molecule has 1 saturated carbocycles. The van der Waals surface area contributed by atoms with Crippen LogP contribution in [0.5, 0.6) is 0 Å². The van der Waals surface area contributed by atoms with Crippen molar-refractivity contribution in [3.05, 3.63) is 0 Å². The van der Waals surface area contributed by atoms with Crippen molar-refractivity contribution in [3.8, 4) is 0 Å². The molecule has 3 unspecified atom stereocenters. The SMILES string of the molecule is CSC1CCCC(NCC(O)C(F)(F)F)C1. The minimum absolute atomic E-state index is 0.114. The highest BCUT2D eigenvalue weighted by Gasteiger charge is 2.38. The van der Waals surface area contributed by atoms with E-state index in [0.29, 0.717) is 5.25 Å². The van der Waals surface area contributed by atoms with E-state index in [1.165, 1.54) is 0 Å². The summed E-state index contributed by atoms with van der Waals surface area (Å²) in [4.78, 5) is 0. The van der Waals surface area contributed by atoms with Crippen molar-refractivity contribution in [2.75, 3.05) is 12.8 Å². The second kappa shape index (κ2) is 6.12. The average molecular weight is 257 g/mol. The van der Waals surface area contributed by atoms with Crippen molar-refractivity contribution in [1.82, 2.24) is 5.32 Å². The van der Waals surface area contributed by atoms with Crippen molar-refractivity contribution >= 4 is 11.8 Å². The van der Waals surface area contributed by atoms with Crippen LogP contribution in [-0.4, -0.2) is 41.5 Å². The first-order valence-corrected chi connectivity index (χ1v) is 6.73. The van der Waals surface area contributed by atoms with Gasteiger partial charge in [0.25, 0.3) is 0 Å². The molecular weight excluding hydrogens is 239 g/mol. The largest absolute Gasteiger partial charge is 0.415 e. The van der Waals surface area contributed by atoms with Crippen molar-refractivity contribution in [3.63, 3.8) is 0 Å². The second-order valence-electron chi connectivity index (χ2n) is 4.19. The Labute approximate surface area is 98.0 Å². The molecular formula is C10H18F3NOS. The highest BCUT2D eigenvalue weighted by atomic mass is 32.2. The van der Waals surface area contributed by atoms with Gasteiger partial charge in [0.2, 0.25) is 0 Å². The highest BCUT2D eigenvalue weighted by molar-refractivity contribution is 7.99. The minimum Gasteiger partial charge on any atom is -0.382 e. The number of thioether (sulfide) groups is 1. The van der Waals surface area contributed by atoms with Crippen LogP contribution in [0.3, 0.4) is 0 Å². The third-order valence-electron chi connectivity index (χ3n) is 2.94. The fourth-order valence-electron chi connectivity index (χ4n) is 1.94. The van der Waals surface area contributed by atoms with Crippen LogP contribution in [0, 0.1) is 0 Å². The van der Waals surface area contributed by atoms with Gasteiger partial charge in [-0.25, -0.2) is 0 Å². The summed E-state index contributed by atoms with van der Waals surface area (Å²) in [5, 5.41) is 12.2. The molecule has 0 aromatic rings. The number of hydrogen-bond acceptors (Lipinski definition) is 3. The Morgan fingerprint density at radius 2 is 2.12 bits per heavy atom. The second-order valence-corrected chi connectivity index (χ2v) is 5.32. The molecule has 2 nitrogen and oxygen atoms in total. The maximum absolute atomic E-state index is 12.1. The number of aliphatic hydroxyl groups is 1. The number of alkyl halides is 3. The van der Waals surface area contributed by atoms with E-state index in [2.05, 4.69) is 5.32 Å². The fourth-order valence-corrected chi connectivity index (χ4v) is 2.77. The van der Waals surface area contributed by atoms with Crippen LogP contribution in [0.1, 0.15) is 25.7 Å². The molecule has 0 spiro atoms. The van der Waals surface area contributed by atoms with E-state index in [-0.39, 0.29) is 6.04 Å². The summed E-state index contributed by atoms with van der Waals surface area (Å²) >= 11 is 1.76. The standard InChI is InChI=1S/C10H18F3NOS/c1-16-8-4-2-3-7(5-8)14-6-9(15)10(11,12)13/h7-9,14-15H,2-6H2,1H3. The van der Waals surface area contributed by atoms with E-state index in [4.69, 9.17) is 5.11 Å². The molecule has 0 saturated heterocycles. The smallest absolute Gasteiger partial charge is 0.382 e. The first-order valence-electron chi connectivity index (χ1n) is 5.44. The quantitative estimate of drug-likeness (QED) is 0.809. The van der Waals surface area contributed by atoms with Gasteiger partial charge in [-0.1, -0.05) is 6.42 Å². The zero-order chi connectivity index (χ0) is 12.2. The maximum atomic E-state index is 12.1. The van der Waals surface area contributed by atoms with E-state index < -0.39 is 18.8 Å². The van der Waals surface area contributed by atoms with E-state index in [0.717, 1.165) is 25.7 Å². The van der Waals surface area contributed by atoms with Crippen LogP contribution in [0.15, 0.2) is 0 Å². The Morgan fingerprint density at radius 1 is 1.44 bits per heavy atom. The monoisotopic (exact) mass is 257 g/mol. The lowest BCUT2D eigenvalue weighted by atomic mass is 9.95. The molecule has 2 N–H and O–H groups in total. The molecule has 1 aliphatic rings. The van der Waals surface area contributed by atoms with Crippen molar-refractivity contribution < 1.29 is 18.3 Å². The van der Waals surface area contributed by atoms with Crippen LogP contribution in [-0.2, 0) is 0 Å². The Morgan fingerprint density at radius 3 is 2.69 bits per heavy atom. The predicted octanol–water partition coefficient (Wildman–Crippen LogP) is 2.17. The molecule has 3 atom stereocenters. The van der Waals surface area contributed by atoms with Crippen molar-refractivity contribution in [2.24, 2.45) is 0 Å². The molecule has 0 amide bonds. The Kier molecular flexibility index (Phi) is 5.40. The van der Waals surface area contributed by atoms with Gasteiger partial charge >= 0.3 is 6.18 Å². The number of nitrogens with one attached hydrogen (secondary N) is 1. The summed E-state index contributed by atoms with van der Waals surface area (Å²) in [6.45, 7) is -0.394. The van der Waals surface area contributed by atoms with Crippen molar-refractivity contribution in [1.29, 1.82) is 0 Å². The van der Waals surface area contributed by atoms with E-state index in [1.807, 2.05) is 6.26 Å². The van der Waals surface area contributed by atoms with Gasteiger partial charge in [0.1, 0.15) is 0 Å². The van der Waals surface area contributed by atoms with Crippen LogP contribution in [0.25, 0.3) is 0 Å². The van der Waals surface area contributed by atoms with Crippen molar-refractivity contribution in [2.45, 2.75) is 49.3 Å². The molecule has 1 aliphatic carbocycles. The molecule has 0 aromatic carbocycles. The first kappa shape index (κ1) is 14.1. The number of hydrogen-bond donors (Lipinski definition) is 2. The summed E-state index contributed by atoms with van der Waals surface area (Å²) in [7, 11) is 0. The van der Waals surface area contributed by atoms with E-state index in [9.17, 15) is 13.2 Å². The van der Waals surface area contributed by atoms with Crippen LogP contribution < -0.4 is 5.32 Å². The van der Waals surface area contributed by atoms with Gasteiger partial charge in [-0.3, -0.25) is 0 Å². The maximum Gasteiger partial charge on any atom is 0.415 e. The highest BCUT2D eigenvalue weighted by Crippen LogP contribution is 2.27. The molecule has 6 heteroatoms. The molecule has 1 rings (SSSR count). The average Bonchev–Trinajstić information content (AvgIpc) is 2.25. The van der Waals surface area contributed by atoms with E-state index >= 15 is 0 Å². The third kappa shape index (κ3) is 4.51. The molecule has 0 bridgehead atoms. The number of rotatable bonds is 4. The summed E-state index contributed by atoms with van der Waals surface area (Å²) < 4.78 is 36.2. The molecule has 0 aliphatic heterocycles. The zero-order valence-electron chi connectivity index (χ0n) is 9.26. The van der Waals surface area contributed by atoms with Crippen LogP contribution in [0.2, 0.25) is 0 Å². The van der Waals surface area contributed by atoms with Crippen LogP contribution >= 0.6 is 11.8 Å². The van der Waals surface area contributed by atoms with Gasteiger partial charge in [0.05, 0.1) is 0 Å². The molecule has 96 valence electrons.